The van der Waals surface area contributed by atoms with E-state index in [2.05, 4.69) is 23.7 Å². The van der Waals surface area contributed by atoms with Crippen LogP contribution < -0.4 is 5.32 Å². The molecule has 1 heterocycles. The van der Waals surface area contributed by atoms with Crippen molar-refractivity contribution in [2.45, 2.75) is 53.5 Å². The van der Waals surface area contributed by atoms with Crippen LogP contribution >= 0.6 is 0 Å². The van der Waals surface area contributed by atoms with Gasteiger partial charge in [-0.2, -0.15) is 5.26 Å². The minimum Gasteiger partial charge on any atom is -0.349 e. The number of hydrogen-bond donors (Lipinski definition) is 1. The van der Waals surface area contributed by atoms with Crippen molar-refractivity contribution in [1.29, 1.82) is 5.26 Å². The van der Waals surface area contributed by atoms with Gasteiger partial charge >= 0.3 is 0 Å². The molecule has 1 N–H and O–H groups in total. The van der Waals surface area contributed by atoms with Crippen LogP contribution in [0.3, 0.4) is 0 Å². The molecule has 0 aliphatic rings. The lowest BCUT2D eigenvalue weighted by Gasteiger charge is -2.09. The molecule has 0 aliphatic carbocycles. The molecule has 2 rings (SSSR count). The summed E-state index contributed by atoms with van der Waals surface area (Å²) in [6.07, 6.45) is 4.75. The zero-order valence-corrected chi connectivity index (χ0v) is 16.1. The first-order valence-electron chi connectivity index (χ1n) is 9.19. The van der Waals surface area contributed by atoms with Crippen molar-refractivity contribution in [3.8, 4) is 6.07 Å². The van der Waals surface area contributed by atoms with Crippen LogP contribution in [0.15, 0.2) is 35.9 Å². The number of aryl methyl sites for hydroxylation is 2. The van der Waals surface area contributed by atoms with Crippen LogP contribution in [0.5, 0.6) is 0 Å². The lowest BCUT2D eigenvalue weighted by atomic mass is 10.1. The van der Waals surface area contributed by atoms with E-state index >= 15 is 0 Å². The van der Waals surface area contributed by atoms with Crippen LogP contribution in [0.1, 0.15) is 49.2 Å². The maximum absolute atomic E-state index is 12.6. The number of nitrogens with zero attached hydrogens (tertiary/aromatic N) is 2. The van der Waals surface area contributed by atoms with Gasteiger partial charge in [-0.1, -0.05) is 38.5 Å². The summed E-state index contributed by atoms with van der Waals surface area (Å²) in [4.78, 5) is 12.6. The lowest BCUT2D eigenvalue weighted by molar-refractivity contribution is -0.112. The van der Waals surface area contributed by atoms with Crippen molar-refractivity contribution >= 4 is 17.7 Å². The average Bonchev–Trinajstić information content (AvgIpc) is 2.91. The Balaban J connectivity index is 2.28. The second kappa shape index (κ2) is 9.05. The SMILES string of the molecule is CCCCn1c(C)cc(/C=C(\C#N)C(=O)Nc2ccccc2CC)c1C. The smallest absolute Gasteiger partial charge is 0.266 e. The molecule has 0 saturated carbocycles. The predicted molar refractivity (Wildman–Crippen MR) is 107 cm³/mol. The molecule has 0 unspecified atom stereocenters. The van der Waals surface area contributed by atoms with Gasteiger partial charge < -0.3 is 9.88 Å². The molecule has 1 aromatic heterocycles. The van der Waals surface area contributed by atoms with Crippen LogP contribution in [-0.2, 0) is 17.8 Å². The zero-order valence-electron chi connectivity index (χ0n) is 16.1. The van der Waals surface area contributed by atoms with E-state index in [1.165, 1.54) is 0 Å². The number of benzene rings is 1. The molecule has 0 radical (unpaired) electrons. The Morgan fingerprint density at radius 3 is 2.65 bits per heavy atom. The second-order valence-electron chi connectivity index (χ2n) is 6.47. The molecule has 26 heavy (non-hydrogen) atoms. The van der Waals surface area contributed by atoms with Crippen LogP contribution in [0.2, 0.25) is 0 Å². The molecule has 0 fully saturated rings. The number of carbonyl (C=O) groups excluding carboxylic acids is 1. The number of carbonyl (C=O) groups is 1. The van der Waals surface area contributed by atoms with Gasteiger partial charge in [-0.05, 0) is 56.0 Å². The first-order chi connectivity index (χ1) is 12.5. The van der Waals surface area contributed by atoms with E-state index in [1.807, 2.05) is 50.2 Å². The van der Waals surface area contributed by atoms with E-state index in [-0.39, 0.29) is 11.5 Å². The van der Waals surface area contributed by atoms with Crippen molar-refractivity contribution in [3.05, 3.63) is 58.4 Å². The number of hydrogen-bond acceptors (Lipinski definition) is 2. The Hall–Kier alpha value is -2.80. The molecule has 136 valence electrons. The van der Waals surface area contributed by atoms with E-state index in [4.69, 9.17) is 0 Å². The van der Waals surface area contributed by atoms with Gasteiger partial charge in [-0.3, -0.25) is 4.79 Å². The Morgan fingerprint density at radius 1 is 1.27 bits per heavy atom. The highest BCUT2D eigenvalue weighted by Gasteiger charge is 2.14. The summed E-state index contributed by atoms with van der Waals surface area (Å²) in [7, 11) is 0. The number of anilines is 1. The first-order valence-corrected chi connectivity index (χ1v) is 9.19. The molecular weight excluding hydrogens is 322 g/mol. The molecule has 1 amide bonds. The average molecular weight is 349 g/mol. The van der Waals surface area contributed by atoms with Crippen molar-refractivity contribution in [1.82, 2.24) is 4.57 Å². The van der Waals surface area contributed by atoms with Crippen LogP contribution in [-0.4, -0.2) is 10.5 Å². The number of amides is 1. The fourth-order valence-electron chi connectivity index (χ4n) is 3.08. The van der Waals surface area contributed by atoms with E-state index in [0.29, 0.717) is 0 Å². The Kier molecular flexibility index (Phi) is 6.80. The fourth-order valence-corrected chi connectivity index (χ4v) is 3.08. The number of unbranched alkanes of at least 4 members (excludes halogenated alkanes) is 1. The van der Waals surface area contributed by atoms with E-state index in [9.17, 15) is 10.1 Å². The van der Waals surface area contributed by atoms with Crippen molar-refractivity contribution in [2.75, 3.05) is 5.32 Å². The quantitative estimate of drug-likeness (QED) is 0.564. The van der Waals surface area contributed by atoms with Gasteiger partial charge in [0.15, 0.2) is 0 Å². The number of aromatic nitrogens is 1. The maximum Gasteiger partial charge on any atom is 0.266 e. The van der Waals surface area contributed by atoms with Crippen molar-refractivity contribution in [3.63, 3.8) is 0 Å². The molecule has 2 aromatic rings. The molecular formula is C22H27N3O. The summed E-state index contributed by atoms with van der Waals surface area (Å²) in [6, 6.07) is 11.8. The van der Waals surface area contributed by atoms with Gasteiger partial charge in [0.05, 0.1) is 0 Å². The van der Waals surface area contributed by atoms with E-state index < -0.39 is 0 Å². The Labute approximate surface area is 156 Å². The van der Waals surface area contributed by atoms with Crippen LogP contribution in [0.4, 0.5) is 5.69 Å². The highest BCUT2D eigenvalue weighted by Crippen LogP contribution is 2.21. The second-order valence-corrected chi connectivity index (χ2v) is 6.47. The highest BCUT2D eigenvalue weighted by molar-refractivity contribution is 6.10. The van der Waals surface area contributed by atoms with E-state index in [1.54, 1.807) is 6.08 Å². The normalized spacial score (nSPS) is 11.3. The van der Waals surface area contributed by atoms with Crippen molar-refractivity contribution in [2.24, 2.45) is 0 Å². The molecule has 4 nitrogen and oxygen atoms in total. The third kappa shape index (κ3) is 4.43. The highest BCUT2D eigenvalue weighted by atomic mass is 16.1. The predicted octanol–water partition coefficient (Wildman–Crippen LogP) is 5.01. The van der Waals surface area contributed by atoms with E-state index in [0.717, 1.165) is 54.0 Å². The van der Waals surface area contributed by atoms with Gasteiger partial charge in [-0.25, -0.2) is 0 Å². The Morgan fingerprint density at radius 2 is 2.00 bits per heavy atom. The fraction of sp³-hybridized carbons (Fsp3) is 0.364. The van der Waals surface area contributed by atoms with Gasteiger partial charge in [0.2, 0.25) is 0 Å². The minimum absolute atomic E-state index is 0.117. The summed E-state index contributed by atoms with van der Waals surface area (Å²) in [5, 5.41) is 12.4. The molecule has 0 saturated heterocycles. The van der Waals surface area contributed by atoms with Crippen LogP contribution in [0.25, 0.3) is 6.08 Å². The Bertz CT molecular complexity index is 853. The molecule has 0 aliphatic heterocycles. The third-order valence-corrected chi connectivity index (χ3v) is 4.66. The molecule has 0 bridgehead atoms. The standard InChI is InChI=1S/C22H27N3O/c1-5-7-12-25-16(3)13-19(17(25)4)14-20(15-23)22(26)24-21-11-9-8-10-18(21)6-2/h8-11,13-14H,5-7,12H2,1-4H3,(H,24,26)/b20-14+. The monoisotopic (exact) mass is 349 g/mol. The summed E-state index contributed by atoms with van der Waals surface area (Å²) >= 11 is 0. The molecule has 0 atom stereocenters. The summed E-state index contributed by atoms with van der Waals surface area (Å²) in [6.45, 7) is 9.26. The molecule has 4 heteroatoms. The largest absolute Gasteiger partial charge is 0.349 e. The summed E-state index contributed by atoms with van der Waals surface area (Å²) in [5.74, 6) is -0.369. The first kappa shape index (κ1) is 19.5. The topological polar surface area (TPSA) is 57.8 Å². The zero-order chi connectivity index (χ0) is 19.1. The third-order valence-electron chi connectivity index (χ3n) is 4.66. The van der Waals surface area contributed by atoms with Crippen LogP contribution in [0, 0.1) is 25.2 Å². The summed E-state index contributed by atoms with van der Waals surface area (Å²) in [5.41, 5.74) is 5.09. The number of rotatable bonds is 7. The van der Waals surface area contributed by atoms with Crippen molar-refractivity contribution < 1.29 is 4.79 Å². The minimum atomic E-state index is -0.369. The number of para-hydroxylation sites is 1. The summed E-state index contributed by atoms with van der Waals surface area (Å²) < 4.78 is 2.24. The van der Waals surface area contributed by atoms with Gasteiger partial charge in [-0.15, -0.1) is 0 Å². The number of nitrogens with one attached hydrogen (secondary N) is 1. The number of nitriles is 1. The van der Waals surface area contributed by atoms with Gasteiger partial charge in [0.1, 0.15) is 11.6 Å². The maximum atomic E-state index is 12.6. The molecule has 1 aromatic carbocycles. The molecule has 0 spiro atoms. The van der Waals surface area contributed by atoms with Gasteiger partial charge in [0.25, 0.3) is 5.91 Å². The lowest BCUT2D eigenvalue weighted by Crippen LogP contribution is -2.14. The van der Waals surface area contributed by atoms with Gasteiger partial charge in [0, 0.05) is 23.6 Å².